The van der Waals surface area contributed by atoms with Crippen molar-refractivity contribution in [3.63, 3.8) is 0 Å². The van der Waals surface area contributed by atoms with Crippen molar-refractivity contribution in [2.24, 2.45) is 5.41 Å². The molecule has 0 unspecified atom stereocenters. The van der Waals surface area contributed by atoms with Gasteiger partial charge in [-0.2, -0.15) is 0 Å². The minimum absolute atomic E-state index is 0.115. The van der Waals surface area contributed by atoms with E-state index in [2.05, 4.69) is 5.32 Å². The molecule has 0 atom stereocenters. The summed E-state index contributed by atoms with van der Waals surface area (Å²) in [5, 5.41) is 4.90. The van der Waals surface area contributed by atoms with Gasteiger partial charge in [-0.25, -0.2) is 0 Å². The summed E-state index contributed by atoms with van der Waals surface area (Å²) in [6.07, 6.45) is -0.378. The molecule has 1 amide bonds. The van der Waals surface area contributed by atoms with E-state index in [0.29, 0.717) is 19.8 Å². The van der Waals surface area contributed by atoms with Crippen molar-refractivity contribution in [1.29, 1.82) is 0 Å². The van der Waals surface area contributed by atoms with E-state index < -0.39 is 5.41 Å². The fraction of sp³-hybridized carbons (Fsp3) is 0.389. The van der Waals surface area contributed by atoms with E-state index >= 15 is 0 Å². The fourth-order valence-electron chi connectivity index (χ4n) is 2.41. The van der Waals surface area contributed by atoms with Crippen molar-refractivity contribution in [1.82, 2.24) is 0 Å². The molecule has 5 nitrogen and oxygen atoms in total. The maximum Gasteiger partial charge on any atom is 0.234 e. The molecule has 1 aliphatic rings. The molecule has 2 heterocycles. The Bertz CT molecular complexity index is 661. The minimum Gasteiger partial charge on any atom is -0.494 e. The number of ether oxygens (including phenoxy) is 3. The van der Waals surface area contributed by atoms with Gasteiger partial charge >= 0.3 is 0 Å². The lowest BCUT2D eigenvalue weighted by Crippen LogP contribution is -2.45. The number of amides is 1. The third-order valence-electron chi connectivity index (χ3n) is 3.85. The Morgan fingerprint density at radius 2 is 2.00 bits per heavy atom. The first-order chi connectivity index (χ1) is 11.6. The Morgan fingerprint density at radius 3 is 2.58 bits per heavy atom. The van der Waals surface area contributed by atoms with E-state index in [9.17, 15) is 4.79 Å². The van der Waals surface area contributed by atoms with Gasteiger partial charge in [0.05, 0.1) is 30.1 Å². The van der Waals surface area contributed by atoms with Gasteiger partial charge in [0.15, 0.2) is 6.29 Å². The predicted octanol–water partition coefficient (Wildman–Crippen LogP) is 3.84. The molecule has 0 aliphatic carbocycles. The Hall–Kier alpha value is -1.89. The SMILES string of the molecule is CCOc1ccc(NC(=O)C2(C)COC(c3cccs3)OC2)cc1. The lowest BCUT2D eigenvalue weighted by molar-refractivity contribution is -0.225. The van der Waals surface area contributed by atoms with Crippen LogP contribution in [-0.4, -0.2) is 25.7 Å². The summed E-state index contributed by atoms with van der Waals surface area (Å²) in [6, 6.07) is 11.2. The standard InChI is InChI=1S/C18H21NO4S/c1-3-21-14-8-6-13(7-9-14)19-17(20)18(2)11-22-16(23-12-18)15-5-4-10-24-15/h4-10,16H,3,11-12H2,1-2H3,(H,19,20). The summed E-state index contributed by atoms with van der Waals surface area (Å²) in [6.45, 7) is 5.03. The number of rotatable bonds is 5. The molecule has 1 aromatic heterocycles. The van der Waals surface area contributed by atoms with Gasteiger partial charge in [0, 0.05) is 5.69 Å². The number of benzene rings is 1. The smallest absolute Gasteiger partial charge is 0.234 e. The molecule has 0 saturated carbocycles. The Balaban J connectivity index is 1.58. The molecule has 2 aromatic rings. The third-order valence-corrected chi connectivity index (χ3v) is 4.75. The molecule has 1 saturated heterocycles. The first kappa shape index (κ1) is 17.0. The Labute approximate surface area is 145 Å². The number of thiophene rings is 1. The third kappa shape index (κ3) is 3.77. The van der Waals surface area contributed by atoms with Gasteiger partial charge in [-0.05, 0) is 49.6 Å². The van der Waals surface area contributed by atoms with Crippen LogP contribution < -0.4 is 10.1 Å². The lowest BCUT2D eigenvalue weighted by Gasteiger charge is -2.35. The zero-order valence-corrected chi connectivity index (χ0v) is 14.6. The average molecular weight is 347 g/mol. The van der Waals surface area contributed by atoms with Crippen LogP contribution in [0.2, 0.25) is 0 Å². The first-order valence-corrected chi connectivity index (χ1v) is 8.79. The minimum atomic E-state index is -0.716. The van der Waals surface area contributed by atoms with Crippen LogP contribution in [0.5, 0.6) is 5.75 Å². The highest BCUT2D eigenvalue weighted by molar-refractivity contribution is 7.10. The average Bonchev–Trinajstić information content (AvgIpc) is 3.12. The highest BCUT2D eigenvalue weighted by Crippen LogP contribution is 2.34. The summed E-state index contributed by atoms with van der Waals surface area (Å²) in [5.41, 5.74) is 0.0110. The van der Waals surface area contributed by atoms with E-state index in [4.69, 9.17) is 14.2 Å². The molecular weight excluding hydrogens is 326 g/mol. The van der Waals surface area contributed by atoms with Crippen LogP contribution >= 0.6 is 11.3 Å². The zero-order valence-electron chi connectivity index (χ0n) is 13.8. The maximum atomic E-state index is 12.6. The van der Waals surface area contributed by atoms with Crippen LogP contribution in [0.25, 0.3) is 0 Å². The molecule has 1 N–H and O–H groups in total. The van der Waals surface area contributed by atoms with Gasteiger partial charge in [-0.1, -0.05) is 6.07 Å². The summed E-state index contributed by atoms with van der Waals surface area (Å²) in [7, 11) is 0. The second-order valence-electron chi connectivity index (χ2n) is 5.94. The van der Waals surface area contributed by atoms with E-state index in [1.54, 1.807) is 11.3 Å². The Kier molecular flexibility index (Phi) is 5.18. The summed E-state index contributed by atoms with van der Waals surface area (Å²) in [5.74, 6) is 0.668. The quantitative estimate of drug-likeness (QED) is 0.893. The maximum absolute atomic E-state index is 12.6. The molecular formula is C18H21NO4S. The number of carbonyl (C=O) groups is 1. The van der Waals surface area contributed by atoms with Crippen LogP contribution in [0.1, 0.15) is 25.0 Å². The zero-order chi connectivity index (χ0) is 17.0. The molecule has 1 aromatic carbocycles. The largest absolute Gasteiger partial charge is 0.494 e. The highest BCUT2D eigenvalue weighted by Gasteiger charge is 2.40. The van der Waals surface area contributed by atoms with Crippen molar-refractivity contribution in [2.75, 3.05) is 25.1 Å². The van der Waals surface area contributed by atoms with E-state index in [-0.39, 0.29) is 12.2 Å². The summed E-state index contributed by atoms with van der Waals surface area (Å²) in [4.78, 5) is 13.6. The van der Waals surface area contributed by atoms with Gasteiger partial charge in [0.25, 0.3) is 0 Å². The fourth-order valence-corrected chi connectivity index (χ4v) is 3.13. The van der Waals surface area contributed by atoms with Crippen molar-refractivity contribution < 1.29 is 19.0 Å². The van der Waals surface area contributed by atoms with E-state index in [1.807, 2.05) is 55.6 Å². The summed E-state index contributed by atoms with van der Waals surface area (Å²) < 4.78 is 16.9. The van der Waals surface area contributed by atoms with Gasteiger partial charge in [-0.15, -0.1) is 11.3 Å². The molecule has 0 spiro atoms. The van der Waals surface area contributed by atoms with E-state index in [0.717, 1.165) is 16.3 Å². The van der Waals surface area contributed by atoms with Gasteiger partial charge < -0.3 is 19.5 Å². The normalized spacial score (nSPS) is 23.7. The molecule has 1 aliphatic heterocycles. The number of carbonyl (C=O) groups excluding carboxylic acids is 1. The van der Waals surface area contributed by atoms with Crippen LogP contribution in [0.4, 0.5) is 5.69 Å². The van der Waals surface area contributed by atoms with Crippen molar-refractivity contribution in [3.8, 4) is 5.75 Å². The number of hydrogen-bond acceptors (Lipinski definition) is 5. The summed E-state index contributed by atoms with van der Waals surface area (Å²) >= 11 is 1.58. The number of nitrogens with one attached hydrogen (secondary N) is 1. The Morgan fingerprint density at radius 1 is 1.29 bits per heavy atom. The second-order valence-corrected chi connectivity index (χ2v) is 6.92. The van der Waals surface area contributed by atoms with Crippen molar-refractivity contribution in [3.05, 3.63) is 46.7 Å². The number of anilines is 1. The lowest BCUT2D eigenvalue weighted by atomic mass is 9.90. The topological polar surface area (TPSA) is 56.8 Å². The monoisotopic (exact) mass is 347 g/mol. The predicted molar refractivity (Wildman–Crippen MR) is 93.3 cm³/mol. The van der Waals surface area contributed by atoms with E-state index in [1.165, 1.54) is 0 Å². The van der Waals surface area contributed by atoms with Crippen LogP contribution in [-0.2, 0) is 14.3 Å². The molecule has 24 heavy (non-hydrogen) atoms. The van der Waals surface area contributed by atoms with Gasteiger partial charge in [0.2, 0.25) is 5.91 Å². The molecule has 6 heteroatoms. The second kappa shape index (κ2) is 7.34. The van der Waals surface area contributed by atoms with Crippen LogP contribution in [0, 0.1) is 5.41 Å². The highest BCUT2D eigenvalue weighted by atomic mass is 32.1. The van der Waals surface area contributed by atoms with Gasteiger partial charge in [-0.3, -0.25) is 4.79 Å². The number of hydrogen-bond donors (Lipinski definition) is 1. The first-order valence-electron chi connectivity index (χ1n) is 7.92. The molecule has 128 valence electrons. The molecule has 0 radical (unpaired) electrons. The van der Waals surface area contributed by atoms with Crippen LogP contribution in [0.3, 0.4) is 0 Å². The molecule has 0 bridgehead atoms. The molecule has 3 rings (SSSR count). The van der Waals surface area contributed by atoms with Crippen molar-refractivity contribution >= 4 is 22.9 Å². The molecule has 1 fully saturated rings. The van der Waals surface area contributed by atoms with Crippen LogP contribution in [0.15, 0.2) is 41.8 Å². The van der Waals surface area contributed by atoms with Gasteiger partial charge in [0.1, 0.15) is 5.75 Å². The van der Waals surface area contributed by atoms with Crippen molar-refractivity contribution in [2.45, 2.75) is 20.1 Å².